The summed E-state index contributed by atoms with van der Waals surface area (Å²) in [5, 5.41) is 0.525. The van der Waals surface area contributed by atoms with E-state index in [1.807, 2.05) is 12.1 Å². The van der Waals surface area contributed by atoms with E-state index in [9.17, 15) is 0 Å². The highest BCUT2D eigenvalue weighted by atomic mass is 127. The third-order valence-corrected chi connectivity index (χ3v) is 4.91. The Labute approximate surface area is 121 Å². The average molecular weight is 373 g/mol. The molecule has 0 spiro atoms. The summed E-state index contributed by atoms with van der Waals surface area (Å²) in [6, 6.07) is 10.3. The van der Waals surface area contributed by atoms with Gasteiger partial charge >= 0.3 is 0 Å². The fraction of sp³-hybridized carbons (Fsp3) is 0. The molecule has 0 N–H and O–H groups in total. The number of benzene rings is 1. The van der Waals surface area contributed by atoms with Gasteiger partial charge in [-0.15, -0.1) is 11.3 Å². The first-order valence-corrected chi connectivity index (χ1v) is 7.18. The molecule has 17 heavy (non-hydrogen) atoms. The zero-order valence-corrected chi connectivity index (χ0v) is 12.3. The maximum absolute atomic E-state index is 6.06. The number of aromatic nitrogens is 2. The molecule has 3 aromatic rings. The fourth-order valence-electron chi connectivity index (χ4n) is 1.62. The predicted octanol–water partition coefficient (Wildman–Crippen LogP) is 4.62. The van der Waals surface area contributed by atoms with Crippen molar-refractivity contribution < 1.29 is 0 Å². The fourth-order valence-corrected chi connectivity index (χ4v) is 3.77. The first-order chi connectivity index (χ1) is 8.25. The molecule has 1 aromatic carbocycles. The molecule has 0 aliphatic carbocycles. The van der Waals surface area contributed by atoms with Gasteiger partial charge in [0.25, 0.3) is 0 Å². The van der Waals surface area contributed by atoms with E-state index < -0.39 is 0 Å². The van der Waals surface area contributed by atoms with Crippen LogP contribution in [0, 0.1) is 3.57 Å². The van der Waals surface area contributed by atoms with E-state index in [1.165, 1.54) is 20.3 Å². The largest absolute Gasteiger partial charge is 0.235 e. The van der Waals surface area contributed by atoms with Gasteiger partial charge in [0, 0.05) is 14.0 Å². The van der Waals surface area contributed by atoms with Gasteiger partial charge in [-0.2, -0.15) is 0 Å². The minimum atomic E-state index is 0.525. The van der Waals surface area contributed by atoms with Crippen LogP contribution in [0.1, 0.15) is 0 Å². The highest BCUT2D eigenvalue weighted by Gasteiger charge is 2.10. The van der Waals surface area contributed by atoms with Crippen molar-refractivity contribution in [2.24, 2.45) is 0 Å². The first kappa shape index (κ1) is 11.4. The molecule has 84 valence electrons. The molecule has 0 radical (unpaired) electrons. The van der Waals surface area contributed by atoms with Crippen LogP contribution in [0.3, 0.4) is 0 Å². The molecule has 0 fully saturated rings. The Hall–Kier alpha value is -0.720. The third-order valence-electron chi connectivity index (χ3n) is 2.41. The van der Waals surface area contributed by atoms with Gasteiger partial charge in [-0.3, -0.25) is 0 Å². The van der Waals surface area contributed by atoms with E-state index in [1.54, 1.807) is 11.3 Å². The second-order valence-corrected chi connectivity index (χ2v) is 6.04. The minimum Gasteiger partial charge on any atom is -0.235 e. The summed E-state index contributed by atoms with van der Waals surface area (Å²) in [5.74, 6) is 0. The van der Waals surface area contributed by atoms with Gasteiger partial charge in [-0.05, 0) is 34.7 Å². The maximum Gasteiger partial charge on any atom is 0.150 e. The second-order valence-electron chi connectivity index (χ2n) is 3.47. The van der Waals surface area contributed by atoms with Crippen molar-refractivity contribution in [3.05, 3.63) is 45.4 Å². The van der Waals surface area contributed by atoms with Crippen LogP contribution >= 0.6 is 45.5 Å². The highest BCUT2D eigenvalue weighted by Crippen LogP contribution is 2.36. The Morgan fingerprint density at radius 3 is 2.76 bits per heavy atom. The van der Waals surface area contributed by atoms with Gasteiger partial charge in [-0.1, -0.05) is 29.8 Å². The summed E-state index contributed by atoms with van der Waals surface area (Å²) in [4.78, 5) is 9.40. The van der Waals surface area contributed by atoms with Crippen LogP contribution in [0.2, 0.25) is 5.15 Å². The maximum atomic E-state index is 6.06. The number of halogens is 2. The molecular formula is C12H6ClIN2S. The van der Waals surface area contributed by atoms with E-state index in [2.05, 4.69) is 50.8 Å². The van der Waals surface area contributed by atoms with E-state index in [0.717, 1.165) is 10.2 Å². The molecule has 0 aliphatic rings. The Kier molecular flexibility index (Phi) is 3.02. The Morgan fingerprint density at radius 1 is 1.18 bits per heavy atom. The van der Waals surface area contributed by atoms with Crippen LogP contribution in [0.4, 0.5) is 0 Å². The number of hydrogen-bond donors (Lipinski definition) is 0. The average Bonchev–Trinajstić information content (AvgIpc) is 2.75. The molecule has 0 atom stereocenters. The Bertz CT molecular complexity index is 696. The van der Waals surface area contributed by atoms with Crippen molar-refractivity contribution >= 4 is 55.7 Å². The highest BCUT2D eigenvalue weighted by molar-refractivity contribution is 14.1. The lowest BCUT2D eigenvalue weighted by Gasteiger charge is -1.99. The number of rotatable bonds is 1. The number of thiophene rings is 1. The van der Waals surface area contributed by atoms with Gasteiger partial charge in [0.05, 0.1) is 10.2 Å². The summed E-state index contributed by atoms with van der Waals surface area (Å²) in [6.07, 6.45) is 1.50. The zero-order chi connectivity index (χ0) is 11.8. The van der Waals surface area contributed by atoms with Gasteiger partial charge in [0.2, 0.25) is 0 Å². The monoisotopic (exact) mass is 372 g/mol. The van der Waals surface area contributed by atoms with Crippen molar-refractivity contribution in [2.75, 3.05) is 0 Å². The van der Waals surface area contributed by atoms with E-state index >= 15 is 0 Å². The molecule has 0 unspecified atom stereocenters. The molecule has 2 aromatic heterocycles. The van der Waals surface area contributed by atoms with Crippen molar-refractivity contribution in [3.8, 4) is 10.4 Å². The van der Waals surface area contributed by atoms with Crippen LogP contribution in [0.25, 0.3) is 20.7 Å². The van der Waals surface area contributed by atoms with E-state index in [4.69, 9.17) is 11.6 Å². The molecule has 0 aliphatic heterocycles. The summed E-state index contributed by atoms with van der Waals surface area (Å²) >= 11 is 10.0. The van der Waals surface area contributed by atoms with Crippen molar-refractivity contribution in [3.63, 3.8) is 0 Å². The molecule has 2 nitrogen and oxygen atoms in total. The molecule has 0 amide bonds. The predicted molar refractivity (Wildman–Crippen MR) is 80.6 cm³/mol. The standard InChI is InChI=1S/C12H6ClIN2S/c13-12-11-9(15-6-16-12)5-10(17-11)7-3-1-2-4-8(7)14/h1-6H. The van der Waals surface area contributed by atoms with Crippen molar-refractivity contribution in [1.82, 2.24) is 9.97 Å². The summed E-state index contributed by atoms with van der Waals surface area (Å²) in [7, 11) is 0. The Balaban J connectivity index is 2.26. The molecule has 5 heteroatoms. The number of hydrogen-bond acceptors (Lipinski definition) is 3. The summed E-state index contributed by atoms with van der Waals surface area (Å²) < 4.78 is 2.17. The summed E-state index contributed by atoms with van der Waals surface area (Å²) in [5.41, 5.74) is 2.12. The topological polar surface area (TPSA) is 25.8 Å². The molecule has 0 saturated heterocycles. The van der Waals surface area contributed by atoms with Crippen LogP contribution in [-0.4, -0.2) is 9.97 Å². The van der Waals surface area contributed by atoms with Gasteiger partial charge < -0.3 is 0 Å². The zero-order valence-electron chi connectivity index (χ0n) is 8.52. The van der Waals surface area contributed by atoms with Crippen molar-refractivity contribution in [2.45, 2.75) is 0 Å². The van der Waals surface area contributed by atoms with Crippen LogP contribution < -0.4 is 0 Å². The molecule has 0 bridgehead atoms. The second kappa shape index (κ2) is 4.51. The van der Waals surface area contributed by atoms with Crippen LogP contribution in [0.15, 0.2) is 36.7 Å². The minimum absolute atomic E-state index is 0.525. The SMILES string of the molecule is Clc1ncnc2cc(-c3ccccc3I)sc12. The normalized spacial score (nSPS) is 10.9. The lowest BCUT2D eigenvalue weighted by Crippen LogP contribution is -1.77. The lowest BCUT2D eigenvalue weighted by atomic mass is 10.2. The van der Waals surface area contributed by atoms with Crippen LogP contribution in [0.5, 0.6) is 0 Å². The summed E-state index contributed by atoms with van der Waals surface area (Å²) in [6.45, 7) is 0. The van der Waals surface area contributed by atoms with E-state index in [-0.39, 0.29) is 0 Å². The number of nitrogens with zero attached hydrogens (tertiary/aromatic N) is 2. The molecular weight excluding hydrogens is 367 g/mol. The van der Waals surface area contributed by atoms with Crippen molar-refractivity contribution in [1.29, 1.82) is 0 Å². The smallest absolute Gasteiger partial charge is 0.150 e. The van der Waals surface area contributed by atoms with E-state index in [0.29, 0.717) is 5.15 Å². The van der Waals surface area contributed by atoms with Crippen LogP contribution in [-0.2, 0) is 0 Å². The lowest BCUT2D eigenvalue weighted by molar-refractivity contribution is 1.23. The van der Waals surface area contributed by atoms with Gasteiger partial charge in [0.1, 0.15) is 11.5 Å². The van der Waals surface area contributed by atoms with Gasteiger partial charge in [0.15, 0.2) is 0 Å². The quantitative estimate of drug-likeness (QED) is 0.460. The van der Waals surface area contributed by atoms with Gasteiger partial charge in [-0.25, -0.2) is 9.97 Å². The molecule has 2 heterocycles. The first-order valence-electron chi connectivity index (χ1n) is 4.90. The molecule has 3 rings (SSSR count). The number of fused-ring (bicyclic) bond motifs is 1. The third kappa shape index (κ3) is 2.05. The Morgan fingerprint density at radius 2 is 2.00 bits per heavy atom. The molecule has 0 saturated carbocycles.